The molecule has 0 aliphatic carbocycles. The van der Waals surface area contributed by atoms with Gasteiger partial charge in [0.2, 0.25) is 0 Å². The molecule has 0 fully saturated rings. The van der Waals surface area contributed by atoms with Crippen LogP contribution in [-0.4, -0.2) is 6.04 Å². The summed E-state index contributed by atoms with van der Waals surface area (Å²) in [5.41, 5.74) is 7.51. The third-order valence-electron chi connectivity index (χ3n) is 3.08. The van der Waals surface area contributed by atoms with Crippen molar-refractivity contribution in [2.75, 3.05) is 0 Å². The number of unbranched alkanes of at least 4 members (excludes halogenated alkanes) is 3. The lowest BCUT2D eigenvalue weighted by molar-refractivity contribution is 0.521. The molecule has 0 saturated carbocycles. The molecule has 0 spiro atoms. The Labute approximate surface area is 100 Å². The summed E-state index contributed by atoms with van der Waals surface area (Å²) < 4.78 is 0. The predicted molar refractivity (Wildman–Crippen MR) is 71.5 cm³/mol. The smallest absolute Gasteiger partial charge is 0.00419 e. The third kappa shape index (κ3) is 5.92. The number of benzene rings is 1. The minimum Gasteiger partial charge on any atom is -0.328 e. The molecule has 0 heterocycles. The van der Waals surface area contributed by atoms with Gasteiger partial charge in [-0.05, 0) is 24.8 Å². The number of hydrogen-bond donors (Lipinski definition) is 1. The SMILES string of the molecule is CCCCCCC(N)CCc1ccccc1. The molecule has 0 bridgehead atoms. The number of nitrogens with two attached hydrogens (primary N) is 1. The number of rotatable bonds is 8. The molecule has 1 aromatic rings. The van der Waals surface area contributed by atoms with Crippen LogP contribution in [-0.2, 0) is 6.42 Å². The van der Waals surface area contributed by atoms with E-state index in [1.165, 1.54) is 37.7 Å². The lowest BCUT2D eigenvalue weighted by Crippen LogP contribution is -2.20. The first-order valence-corrected chi connectivity index (χ1v) is 6.62. The van der Waals surface area contributed by atoms with Crippen LogP contribution in [0.2, 0.25) is 0 Å². The van der Waals surface area contributed by atoms with Gasteiger partial charge in [-0.3, -0.25) is 0 Å². The van der Waals surface area contributed by atoms with Crippen LogP contribution < -0.4 is 5.73 Å². The van der Waals surface area contributed by atoms with Crippen LogP contribution in [0.5, 0.6) is 0 Å². The van der Waals surface area contributed by atoms with E-state index in [0.717, 1.165) is 12.8 Å². The summed E-state index contributed by atoms with van der Waals surface area (Å²) in [7, 11) is 0. The molecule has 1 aromatic carbocycles. The van der Waals surface area contributed by atoms with E-state index in [-0.39, 0.29) is 0 Å². The summed E-state index contributed by atoms with van der Waals surface area (Å²) in [4.78, 5) is 0. The zero-order valence-electron chi connectivity index (χ0n) is 10.5. The average Bonchev–Trinajstić information content (AvgIpc) is 2.33. The van der Waals surface area contributed by atoms with Crippen LogP contribution in [0, 0.1) is 0 Å². The maximum Gasteiger partial charge on any atom is 0.00419 e. The molecule has 0 saturated heterocycles. The van der Waals surface area contributed by atoms with Gasteiger partial charge < -0.3 is 5.73 Å². The van der Waals surface area contributed by atoms with Gasteiger partial charge in [0.25, 0.3) is 0 Å². The maximum atomic E-state index is 6.10. The first kappa shape index (κ1) is 13.2. The van der Waals surface area contributed by atoms with Crippen molar-refractivity contribution in [2.24, 2.45) is 5.73 Å². The van der Waals surface area contributed by atoms with Crippen LogP contribution in [0.1, 0.15) is 51.0 Å². The first-order valence-electron chi connectivity index (χ1n) is 6.62. The first-order chi connectivity index (χ1) is 7.83. The summed E-state index contributed by atoms with van der Waals surface area (Å²) in [5, 5.41) is 0. The van der Waals surface area contributed by atoms with E-state index in [1.807, 2.05) is 0 Å². The fourth-order valence-electron chi connectivity index (χ4n) is 1.97. The van der Waals surface area contributed by atoms with Gasteiger partial charge in [-0.25, -0.2) is 0 Å². The Bertz CT molecular complexity index is 255. The summed E-state index contributed by atoms with van der Waals surface area (Å²) in [6, 6.07) is 11.0. The van der Waals surface area contributed by atoms with E-state index >= 15 is 0 Å². The maximum absolute atomic E-state index is 6.10. The van der Waals surface area contributed by atoms with Crippen LogP contribution in [0.15, 0.2) is 30.3 Å². The summed E-state index contributed by atoms with van der Waals surface area (Å²) in [6.45, 7) is 2.25. The standard InChI is InChI=1S/C15H25N/c1-2-3-4-8-11-15(16)13-12-14-9-6-5-7-10-14/h5-7,9-10,15H,2-4,8,11-13,16H2,1H3. The normalized spacial score (nSPS) is 12.6. The number of hydrogen-bond acceptors (Lipinski definition) is 1. The van der Waals surface area contributed by atoms with E-state index < -0.39 is 0 Å². The lowest BCUT2D eigenvalue weighted by atomic mass is 10.0. The molecular weight excluding hydrogens is 194 g/mol. The van der Waals surface area contributed by atoms with E-state index in [0.29, 0.717) is 6.04 Å². The quantitative estimate of drug-likeness (QED) is 0.659. The summed E-state index contributed by atoms with van der Waals surface area (Å²) >= 11 is 0. The highest BCUT2D eigenvalue weighted by molar-refractivity contribution is 5.14. The molecule has 0 aliphatic rings. The van der Waals surface area contributed by atoms with E-state index in [4.69, 9.17) is 5.73 Å². The Kier molecular flexibility index (Phi) is 6.91. The predicted octanol–water partition coefficient (Wildman–Crippen LogP) is 3.92. The Balaban J connectivity index is 2.08. The highest BCUT2D eigenvalue weighted by atomic mass is 14.6. The molecule has 1 heteroatoms. The van der Waals surface area contributed by atoms with Crippen molar-refractivity contribution in [2.45, 2.75) is 57.9 Å². The van der Waals surface area contributed by atoms with Crippen molar-refractivity contribution in [3.05, 3.63) is 35.9 Å². The highest BCUT2D eigenvalue weighted by Gasteiger charge is 2.02. The molecule has 16 heavy (non-hydrogen) atoms. The Morgan fingerprint density at radius 1 is 1.00 bits per heavy atom. The van der Waals surface area contributed by atoms with Crippen molar-refractivity contribution < 1.29 is 0 Å². The van der Waals surface area contributed by atoms with E-state index in [9.17, 15) is 0 Å². The van der Waals surface area contributed by atoms with Gasteiger partial charge in [-0.1, -0.05) is 62.9 Å². The van der Waals surface area contributed by atoms with Gasteiger partial charge in [0.15, 0.2) is 0 Å². The van der Waals surface area contributed by atoms with Crippen LogP contribution in [0.4, 0.5) is 0 Å². The van der Waals surface area contributed by atoms with Crippen LogP contribution >= 0.6 is 0 Å². The van der Waals surface area contributed by atoms with Crippen molar-refractivity contribution in [3.8, 4) is 0 Å². The van der Waals surface area contributed by atoms with Gasteiger partial charge in [-0.2, -0.15) is 0 Å². The largest absolute Gasteiger partial charge is 0.328 e. The minimum absolute atomic E-state index is 0.386. The topological polar surface area (TPSA) is 26.0 Å². The minimum atomic E-state index is 0.386. The van der Waals surface area contributed by atoms with Crippen molar-refractivity contribution in [1.82, 2.24) is 0 Å². The van der Waals surface area contributed by atoms with Gasteiger partial charge in [0.05, 0.1) is 0 Å². The monoisotopic (exact) mass is 219 g/mol. The van der Waals surface area contributed by atoms with Gasteiger partial charge >= 0.3 is 0 Å². The Hall–Kier alpha value is -0.820. The fourth-order valence-corrected chi connectivity index (χ4v) is 1.97. The molecule has 0 aliphatic heterocycles. The number of aryl methyl sites for hydroxylation is 1. The van der Waals surface area contributed by atoms with Crippen molar-refractivity contribution in [1.29, 1.82) is 0 Å². The molecular formula is C15H25N. The van der Waals surface area contributed by atoms with Gasteiger partial charge in [-0.15, -0.1) is 0 Å². The molecule has 0 aromatic heterocycles. The zero-order chi connectivity index (χ0) is 11.6. The molecule has 1 atom stereocenters. The van der Waals surface area contributed by atoms with Crippen molar-refractivity contribution in [3.63, 3.8) is 0 Å². The second kappa shape index (κ2) is 8.35. The van der Waals surface area contributed by atoms with Gasteiger partial charge in [0.1, 0.15) is 0 Å². The molecule has 1 nitrogen and oxygen atoms in total. The van der Waals surface area contributed by atoms with Crippen LogP contribution in [0.25, 0.3) is 0 Å². The Morgan fingerprint density at radius 3 is 2.44 bits per heavy atom. The van der Waals surface area contributed by atoms with E-state index in [2.05, 4.69) is 37.3 Å². The second-order valence-electron chi connectivity index (χ2n) is 4.63. The molecule has 90 valence electrons. The van der Waals surface area contributed by atoms with Crippen LogP contribution in [0.3, 0.4) is 0 Å². The summed E-state index contributed by atoms with van der Waals surface area (Å²) in [5.74, 6) is 0. The lowest BCUT2D eigenvalue weighted by Gasteiger charge is -2.11. The van der Waals surface area contributed by atoms with Gasteiger partial charge in [0, 0.05) is 6.04 Å². The Morgan fingerprint density at radius 2 is 1.75 bits per heavy atom. The highest BCUT2D eigenvalue weighted by Crippen LogP contribution is 2.09. The third-order valence-corrected chi connectivity index (χ3v) is 3.08. The second-order valence-corrected chi connectivity index (χ2v) is 4.63. The molecule has 1 rings (SSSR count). The zero-order valence-corrected chi connectivity index (χ0v) is 10.5. The molecule has 1 unspecified atom stereocenters. The van der Waals surface area contributed by atoms with E-state index in [1.54, 1.807) is 0 Å². The molecule has 0 amide bonds. The fraction of sp³-hybridized carbons (Fsp3) is 0.600. The molecule has 2 N–H and O–H groups in total. The average molecular weight is 219 g/mol. The van der Waals surface area contributed by atoms with Crippen molar-refractivity contribution >= 4 is 0 Å². The summed E-state index contributed by atoms with van der Waals surface area (Å²) in [6.07, 6.45) is 8.72. The molecule has 0 radical (unpaired) electrons.